The van der Waals surface area contributed by atoms with Gasteiger partial charge in [-0.1, -0.05) is 44.2 Å². The van der Waals surface area contributed by atoms with Gasteiger partial charge in [-0.05, 0) is 30.0 Å². The van der Waals surface area contributed by atoms with E-state index in [1.54, 1.807) is 4.52 Å². The zero-order valence-corrected chi connectivity index (χ0v) is 13.0. The first-order chi connectivity index (χ1) is 10.6. The minimum Gasteiger partial charge on any atom is -0.365 e. The highest BCUT2D eigenvalue weighted by atomic mass is 15.4. The molecule has 2 atom stereocenters. The average Bonchev–Trinajstić information content (AvgIpc) is 2.86. The van der Waals surface area contributed by atoms with Gasteiger partial charge in [-0.15, -0.1) is 15.3 Å². The molecule has 22 heavy (non-hydrogen) atoms. The molecule has 0 spiro atoms. The first-order valence-corrected chi connectivity index (χ1v) is 7.58. The van der Waals surface area contributed by atoms with Gasteiger partial charge in [0.25, 0.3) is 0 Å². The molecule has 4 rings (SSSR count). The zero-order chi connectivity index (χ0) is 15.3. The second-order valence-corrected chi connectivity index (χ2v) is 6.57. The molecule has 2 heterocycles. The van der Waals surface area contributed by atoms with Crippen molar-refractivity contribution in [3.8, 4) is 0 Å². The van der Waals surface area contributed by atoms with Crippen molar-refractivity contribution in [3.05, 3.63) is 53.9 Å². The van der Waals surface area contributed by atoms with Crippen LogP contribution in [0.4, 0.5) is 5.82 Å². The van der Waals surface area contributed by atoms with Crippen LogP contribution in [0.1, 0.15) is 31.2 Å². The van der Waals surface area contributed by atoms with Crippen molar-refractivity contribution < 1.29 is 0 Å². The number of nitrogens with one attached hydrogen (secondary N) is 1. The van der Waals surface area contributed by atoms with Crippen LogP contribution in [0.5, 0.6) is 0 Å². The Morgan fingerprint density at radius 3 is 2.59 bits per heavy atom. The fourth-order valence-electron chi connectivity index (χ4n) is 3.32. The molecule has 1 aliphatic rings. The van der Waals surface area contributed by atoms with Gasteiger partial charge in [-0.3, -0.25) is 0 Å². The molecule has 0 radical (unpaired) electrons. The zero-order valence-electron chi connectivity index (χ0n) is 13.0. The number of rotatable bonds is 3. The third-order valence-electron chi connectivity index (χ3n) is 4.71. The van der Waals surface area contributed by atoms with Crippen molar-refractivity contribution in [1.29, 1.82) is 0 Å². The Hall–Kier alpha value is -2.43. The lowest BCUT2D eigenvalue weighted by molar-refractivity contribution is 0.607. The molecular formula is C17H19N5. The maximum Gasteiger partial charge on any atom is 0.178 e. The van der Waals surface area contributed by atoms with E-state index in [0.717, 1.165) is 17.3 Å². The van der Waals surface area contributed by atoms with Gasteiger partial charge >= 0.3 is 0 Å². The fraction of sp³-hybridized carbons (Fsp3) is 0.353. The summed E-state index contributed by atoms with van der Waals surface area (Å²) in [6.45, 7) is 6.50. The molecule has 1 aliphatic carbocycles. The molecule has 2 aromatic heterocycles. The minimum atomic E-state index is 0.222. The first kappa shape index (κ1) is 13.2. The molecule has 5 nitrogen and oxygen atoms in total. The Balaban J connectivity index is 1.61. The van der Waals surface area contributed by atoms with E-state index < -0.39 is 0 Å². The summed E-state index contributed by atoms with van der Waals surface area (Å²) < 4.78 is 1.77. The Kier molecular flexibility index (Phi) is 2.73. The Labute approximate surface area is 129 Å². The van der Waals surface area contributed by atoms with Crippen molar-refractivity contribution in [2.24, 2.45) is 5.41 Å². The summed E-state index contributed by atoms with van der Waals surface area (Å²) in [5.41, 5.74) is 2.38. The van der Waals surface area contributed by atoms with E-state index in [1.165, 1.54) is 5.56 Å². The molecule has 0 bridgehead atoms. The van der Waals surface area contributed by atoms with Gasteiger partial charge in [0.15, 0.2) is 11.5 Å². The van der Waals surface area contributed by atoms with Crippen molar-refractivity contribution in [2.45, 2.75) is 32.7 Å². The van der Waals surface area contributed by atoms with Crippen LogP contribution in [0.2, 0.25) is 0 Å². The van der Waals surface area contributed by atoms with E-state index in [-0.39, 0.29) is 5.41 Å². The number of hydrogen-bond donors (Lipinski definition) is 1. The van der Waals surface area contributed by atoms with Gasteiger partial charge in [0.05, 0.1) is 0 Å². The van der Waals surface area contributed by atoms with Gasteiger partial charge < -0.3 is 5.32 Å². The van der Waals surface area contributed by atoms with Gasteiger partial charge in [-0.2, -0.15) is 4.52 Å². The van der Waals surface area contributed by atoms with E-state index in [4.69, 9.17) is 0 Å². The molecule has 0 aliphatic heterocycles. The highest BCUT2D eigenvalue weighted by Crippen LogP contribution is 2.59. The summed E-state index contributed by atoms with van der Waals surface area (Å²) >= 11 is 0. The fourth-order valence-corrected chi connectivity index (χ4v) is 3.32. The summed E-state index contributed by atoms with van der Waals surface area (Å²) in [5, 5.41) is 16.3. The van der Waals surface area contributed by atoms with E-state index in [0.29, 0.717) is 12.0 Å². The van der Waals surface area contributed by atoms with Crippen LogP contribution in [0, 0.1) is 12.3 Å². The van der Waals surface area contributed by atoms with Crippen molar-refractivity contribution in [1.82, 2.24) is 19.8 Å². The molecular weight excluding hydrogens is 274 g/mol. The molecule has 3 aromatic rings. The smallest absolute Gasteiger partial charge is 0.178 e. The second-order valence-electron chi connectivity index (χ2n) is 6.57. The number of anilines is 1. The lowest BCUT2D eigenvalue weighted by atomic mass is 10.0. The normalized spacial score (nSPS) is 22.7. The molecule has 5 heteroatoms. The number of fused-ring (bicyclic) bond motifs is 1. The van der Waals surface area contributed by atoms with Crippen LogP contribution in [0.3, 0.4) is 0 Å². The SMILES string of the molecule is Cc1nnc2ccc(N[C@@H]3[C@@H](c4ccccc4)C3(C)C)nn12. The van der Waals surface area contributed by atoms with Crippen molar-refractivity contribution >= 4 is 11.5 Å². The van der Waals surface area contributed by atoms with Crippen molar-refractivity contribution in [2.75, 3.05) is 5.32 Å². The van der Waals surface area contributed by atoms with Crippen molar-refractivity contribution in [3.63, 3.8) is 0 Å². The summed E-state index contributed by atoms with van der Waals surface area (Å²) in [4.78, 5) is 0. The highest BCUT2D eigenvalue weighted by molar-refractivity contribution is 5.48. The van der Waals surface area contributed by atoms with Crippen LogP contribution < -0.4 is 5.32 Å². The Bertz CT molecular complexity index is 821. The van der Waals surface area contributed by atoms with E-state index in [2.05, 4.69) is 64.8 Å². The molecule has 1 saturated carbocycles. The van der Waals surface area contributed by atoms with Gasteiger partial charge in [0.1, 0.15) is 5.82 Å². The summed E-state index contributed by atoms with van der Waals surface area (Å²) in [7, 11) is 0. The molecule has 0 amide bonds. The third-order valence-corrected chi connectivity index (χ3v) is 4.71. The van der Waals surface area contributed by atoms with Crippen LogP contribution in [-0.2, 0) is 0 Å². The van der Waals surface area contributed by atoms with E-state index in [9.17, 15) is 0 Å². The Morgan fingerprint density at radius 1 is 1.05 bits per heavy atom. The Morgan fingerprint density at radius 2 is 1.82 bits per heavy atom. The number of benzene rings is 1. The lowest BCUT2D eigenvalue weighted by Crippen LogP contribution is -2.11. The van der Waals surface area contributed by atoms with Gasteiger partial charge in [0.2, 0.25) is 0 Å². The van der Waals surface area contributed by atoms with Crippen LogP contribution in [0.15, 0.2) is 42.5 Å². The first-order valence-electron chi connectivity index (χ1n) is 7.58. The van der Waals surface area contributed by atoms with Gasteiger partial charge in [0, 0.05) is 12.0 Å². The molecule has 112 valence electrons. The maximum absolute atomic E-state index is 4.59. The largest absolute Gasteiger partial charge is 0.365 e. The topological polar surface area (TPSA) is 55.1 Å². The average molecular weight is 293 g/mol. The lowest BCUT2D eigenvalue weighted by Gasteiger charge is -2.07. The molecule has 0 unspecified atom stereocenters. The summed E-state index contributed by atoms with van der Waals surface area (Å²) in [6.07, 6.45) is 0. The summed E-state index contributed by atoms with van der Waals surface area (Å²) in [5.74, 6) is 2.17. The predicted molar refractivity (Wildman–Crippen MR) is 85.9 cm³/mol. The molecule has 1 aromatic carbocycles. The van der Waals surface area contributed by atoms with Crippen LogP contribution in [0.25, 0.3) is 5.65 Å². The highest BCUT2D eigenvalue weighted by Gasteiger charge is 2.58. The third kappa shape index (κ3) is 1.96. The van der Waals surface area contributed by atoms with E-state index >= 15 is 0 Å². The number of aryl methyl sites for hydroxylation is 1. The standard InChI is InChI=1S/C17H19N5/c1-11-19-20-14-10-9-13(21-22(11)14)18-16-15(17(16,2)3)12-7-5-4-6-8-12/h4-10,15-16H,1-3H3,(H,18,21)/t15-,16-/m1/s1. The number of hydrogen-bond acceptors (Lipinski definition) is 4. The monoisotopic (exact) mass is 293 g/mol. The summed E-state index contributed by atoms with van der Waals surface area (Å²) in [6, 6.07) is 15.0. The van der Waals surface area contributed by atoms with Gasteiger partial charge in [-0.25, -0.2) is 0 Å². The van der Waals surface area contributed by atoms with Crippen LogP contribution >= 0.6 is 0 Å². The number of aromatic nitrogens is 4. The number of nitrogens with zero attached hydrogens (tertiary/aromatic N) is 4. The quantitative estimate of drug-likeness (QED) is 0.806. The molecule has 1 fully saturated rings. The second kappa shape index (κ2) is 4.53. The predicted octanol–water partition coefficient (Wildman–Crippen LogP) is 3.04. The molecule has 0 saturated heterocycles. The molecule has 1 N–H and O–H groups in total. The van der Waals surface area contributed by atoms with Crippen LogP contribution in [-0.4, -0.2) is 25.9 Å². The van der Waals surface area contributed by atoms with E-state index in [1.807, 2.05) is 19.1 Å². The minimum absolute atomic E-state index is 0.222. The maximum atomic E-state index is 4.59.